The second-order valence-corrected chi connectivity index (χ2v) is 6.42. The maximum absolute atomic E-state index is 9.44. The van der Waals surface area contributed by atoms with Crippen molar-refractivity contribution >= 4 is 45.6 Å². The molecule has 0 spiro atoms. The van der Waals surface area contributed by atoms with Gasteiger partial charge < -0.3 is 9.47 Å². The fourth-order valence-electron chi connectivity index (χ4n) is 2.45. The molecule has 0 radical (unpaired) electrons. The van der Waals surface area contributed by atoms with Crippen LogP contribution in [0.2, 0.25) is 15.1 Å². The van der Waals surface area contributed by atoms with Crippen LogP contribution in [0, 0.1) is 11.3 Å². The molecule has 0 fully saturated rings. The van der Waals surface area contributed by atoms with Crippen LogP contribution in [-0.2, 0) is 0 Å². The molecule has 0 aliphatic rings. The molecule has 3 aromatic carbocycles. The Morgan fingerprint density at radius 3 is 2.28 bits per heavy atom. The van der Waals surface area contributed by atoms with Crippen LogP contribution in [0.25, 0.3) is 10.8 Å². The van der Waals surface area contributed by atoms with E-state index in [2.05, 4.69) is 6.07 Å². The van der Waals surface area contributed by atoms with Crippen molar-refractivity contribution in [3.63, 3.8) is 0 Å². The van der Waals surface area contributed by atoms with Crippen LogP contribution in [-0.4, -0.2) is 13.2 Å². The van der Waals surface area contributed by atoms with Crippen LogP contribution in [0.4, 0.5) is 0 Å². The molecule has 0 amide bonds. The molecule has 0 unspecified atom stereocenters. The smallest absolute Gasteiger partial charge is 0.156 e. The lowest BCUT2D eigenvalue weighted by Gasteiger charge is -2.12. The zero-order valence-corrected chi connectivity index (χ0v) is 15.2. The van der Waals surface area contributed by atoms with Gasteiger partial charge in [0.25, 0.3) is 0 Å². The third-order valence-electron chi connectivity index (χ3n) is 3.55. The standard InChI is InChI=1S/C19H12Cl3NO2/c20-13-9-16(21)19(17(22)10-13)25-8-7-24-18-6-5-12-3-1-2-4-14(12)15(18)11-23/h1-6,9-10H,7-8H2. The van der Waals surface area contributed by atoms with Gasteiger partial charge in [-0.05, 0) is 23.6 Å². The zero-order chi connectivity index (χ0) is 17.8. The van der Waals surface area contributed by atoms with Gasteiger partial charge in [0.1, 0.15) is 30.6 Å². The molecule has 0 aliphatic heterocycles. The van der Waals surface area contributed by atoms with Gasteiger partial charge >= 0.3 is 0 Å². The predicted octanol–water partition coefficient (Wildman–Crippen LogP) is 6.13. The maximum atomic E-state index is 9.44. The molecule has 0 saturated carbocycles. The van der Waals surface area contributed by atoms with Gasteiger partial charge in [0.15, 0.2) is 5.75 Å². The molecule has 0 heterocycles. The van der Waals surface area contributed by atoms with Crippen molar-refractivity contribution in [2.24, 2.45) is 0 Å². The minimum absolute atomic E-state index is 0.221. The fraction of sp³-hybridized carbons (Fsp3) is 0.105. The van der Waals surface area contributed by atoms with Crippen LogP contribution in [0.3, 0.4) is 0 Å². The summed E-state index contributed by atoms with van der Waals surface area (Å²) in [5, 5.41) is 12.4. The van der Waals surface area contributed by atoms with E-state index in [0.29, 0.717) is 32.1 Å². The van der Waals surface area contributed by atoms with Gasteiger partial charge in [-0.1, -0.05) is 65.1 Å². The normalized spacial score (nSPS) is 10.5. The summed E-state index contributed by atoms with van der Waals surface area (Å²) in [4.78, 5) is 0. The van der Waals surface area contributed by atoms with Gasteiger partial charge in [-0.2, -0.15) is 5.26 Å². The summed E-state index contributed by atoms with van der Waals surface area (Å²) in [5.74, 6) is 0.869. The number of rotatable bonds is 5. The SMILES string of the molecule is N#Cc1c(OCCOc2c(Cl)cc(Cl)cc2Cl)ccc2ccccc12. The largest absolute Gasteiger partial charge is 0.489 e. The lowest BCUT2D eigenvalue weighted by atomic mass is 10.0. The Balaban J connectivity index is 1.69. The van der Waals surface area contributed by atoms with Crippen molar-refractivity contribution < 1.29 is 9.47 Å². The van der Waals surface area contributed by atoms with Gasteiger partial charge in [0.05, 0.1) is 10.0 Å². The van der Waals surface area contributed by atoms with E-state index in [9.17, 15) is 5.26 Å². The number of nitriles is 1. The number of hydrogen-bond acceptors (Lipinski definition) is 3. The van der Waals surface area contributed by atoms with Gasteiger partial charge in [0, 0.05) is 10.4 Å². The molecular weight excluding hydrogens is 381 g/mol. The van der Waals surface area contributed by atoms with E-state index in [-0.39, 0.29) is 13.2 Å². The first-order valence-corrected chi connectivity index (χ1v) is 8.55. The molecule has 126 valence electrons. The van der Waals surface area contributed by atoms with Crippen LogP contribution in [0.1, 0.15) is 5.56 Å². The minimum atomic E-state index is 0.221. The molecule has 3 rings (SSSR count). The fourth-order valence-corrected chi connectivity index (χ4v) is 3.38. The van der Waals surface area contributed by atoms with Crippen LogP contribution in [0.15, 0.2) is 48.5 Å². The van der Waals surface area contributed by atoms with Crippen molar-refractivity contribution in [3.05, 3.63) is 69.2 Å². The van der Waals surface area contributed by atoms with Crippen LogP contribution in [0.5, 0.6) is 11.5 Å². The molecule has 3 nitrogen and oxygen atoms in total. The van der Waals surface area contributed by atoms with E-state index >= 15 is 0 Å². The lowest BCUT2D eigenvalue weighted by Crippen LogP contribution is -2.10. The van der Waals surface area contributed by atoms with E-state index in [0.717, 1.165) is 10.8 Å². The summed E-state index contributed by atoms with van der Waals surface area (Å²) < 4.78 is 11.3. The van der Waals surface area contributed by atoms with Crippen LogP contribution < -0.4 is 9.47 Å². The van der Waals surface area contributed by atoms with Gasteiger partial charge in [0.2, 0.25) is 0 Å². The van der Waals surface area contributed by atoms with Crippen LogP contribution >= 0.6 is 34.8 Å². The van der Waals surface area contributed by atoms with Gasteiger partial charge in [-0.25, -0.2) is 0 Å². The Kier molecular flexibility index (Phi) is 5.55. The van der Waals surface area contributed by atoms with Crippen molar-refractivity contribution in [3.8, 4) is 17.6 Å². The molecule has 0 atom stereocenters. The zero-order valence-electron chi connectivity index (χ0n) is 12.9. The Morgan fingerprint density at radius 2 is 1.56 bits per heavy atom. The van der Waals surface area contributed by atoms with Crippen molar-refractivity contribution in [1.82, 2.24) is 0 Å². The van der Waals surface area contributed by atoms with Crippen molar-refractivity contribution in [2.45, 2.75) is 0 Å². The molecule has 0 N–H and O–H groups in total. The molecular formula is C19H12Cl3NO2. The summed E-state index contributed by atoms with van der Waals surface area (Å²) in [7, 11) is 0. The van der Waals surface area contributed by atoms with Crippen molar-refractivity contribution in [1.29, 1.82) is 5.26 Å². The highest BCUT2D eigenvalue weighted by atomic mass is 35.5. The van der Waals surface area contributed by atoms with E-state index in [1.165, 1.54) is 0 Å². The highest BCUT2D eigenvalue weighted by Crippen LogP contribution is 2.35. The van der Waals surface area contributed by atoms with Gasteiger partial charge in [-0.15, -0.1) is 0 Å². The van der Waals surface area contributed by atoms with E-state index in [1.54, 1.807) is 18.2 Å². The third-order valence-corrected chi connectivity index (χ3v) is 4.33. The number of halogens is 3. The van der Waals surface area contributed by atoms with Crippen molar-refractivity contribution in [2.75, 3.05) is 13.2 Å². The van der Waals surface area contributed by atoms with E-state index in [4.69, 9.17) is 44.3 Å². The number of ether oxygens (including phenoxy) is 2. The molecule has 0 saturated heterocycles. The first-order chi connectivity index (χ1) is 12.1. The van der Waals surface area contributed by atoms with Gasteiger partial charge in [-0.3, -0.25) is 0 Å². The molecule has 0 aromatic heterocycles. The number of fused-ring (bicyclic) bond motifs is 1. The van der Waals surface area contributed by atoms with E-state index in [1.807, 2.05) is 30.3 Å². The Hall–Kier alpha value is -2.12. The molecule has 0 bridgehead atoms. The summed E-state index contributed by atoms with van der Waals surface area (Å²) in [6, 6.07) is 16.7. The Labute approximate surface area is 160 Å². The maximum Gasteiger partial charge on any atom is 0.156 e. The average molecular weight is 393 g/mol. The Bertz CT molecular complexity index is 944. The first kappa shape index (κ1) is 17.7. The number of benzene rings is 3. The summed E-state index contributed by atoms with van der Waals surface area (Å²) in [6.07, 6.45) is 0. The summed E-state index contributed by atoms with van der Waals surface area (Å²) >= 11 is 18.0. The van der Waals surface area contributed by atoms with E-state index < -0.39 is 0 Å². The molecule has 25 heavy (non-hydrogen) atoms. The minimum Gasteiger partial charge on any atom is -0.489 e. The highest BCUT2D eigenvalue weighted by Gasteiger charge is 2.11. The third kappa shape index (κ3) is 3.93. The molecule has 3 aromatic rings. The number of nitrogens with zero attached hydrogens (tertiary/aromatic N) is 1. The molecule has 0 aliphatic carbocycles. The predicted molar refractivity (Wildman–Crippen MR) is 101 cm³/mol. The lowest BCUT2D eigenvalue weighted by molar-refractivity contribution is 0.217. The topological polar surface area (TPSA) is 42.2 Å². The quantitative estimate of drug-likeness (QED) is 0.490. The monoisotopic (exact) mass is 391 g/mol. The Morgan fingerprint density at radius 1 is 0.880 bits per heavy atom. The second kappa shape index (κ2) is 7.84. The highest BCUT2D eigenvalue weighted by molar-refractivity contribution is 6.40. The summed E-state index contributed by atoms with van der Waals surface area (Å²) in [5.41, 5.74) is 0.501. The molecule has 6 heteroatoms. The second-order valence-electron chi connectivity index (χ2n) is 5.17. The number of hydrogen-bond donors (Lipinski definition) is 0. The summed E-state index contributed by atoms with van der Waals surface area (Å²) in [6.45, 7) is 0.459. The average Bonchev–Trinajstić information content (AvgIpc) is 2.59. The first-order valence-electron chi connectivity index (χ1n) is 7.42.